The van der Waals surface area contributed by atoms with Crippen LogP contribution in [0.3, 0.4) is 0 Å². The number of aromatic nitrogens is 4. The number of pyridine rings is 4. The van der Waals surface area contributed by atoms with Crippen molar-refractivity contribution in [2.75, 3.05) is 0 Å². The summed E-state index contributed by atoms with van der Waals surface area (Å²) < 4.78 is 0. The Hall–Kier alpha value is -7.33. The Kier molecular flexibility index (Phi) is 41.9. The van der Waals surface area contributed by atoms with E-state index >= 15 is 0 Å². The number of hydrogen-bond acceptors (Lipinski definition) is 10. The fraction of sp³-hybridized carbons (Fsp3) is 0.315. The van der Waals surface area contributed by atoms with E-state index in [4.69, 9.17) is 15.1 Å². The minimum atomic E-state index is -0.417. The maximum absolute atomic E-state index is 11.5. The average molecular weight is 2090 g/mol. The van der Waals surface area contributed by atoms with Crippen molar-refractivity contribution in [1.82, 2.24) is 19.9 Å². The molecule has 3 N–H and O–H groups in total. The fourth-order valence-corrected chi connectivity index (χ4v) is 9.29. The molecule has 0 atom stereocenters. The quantitative estimate of drug-likeness (QED) is 0.0720. The van der Waals surface area contributed by atoms with Gasteiger partial charge in [0.1, 0.15) is 11.5 Å². The van der Waals surface area contributed by atoms with E-state index in [1.165, 1.54) is 70.7 Å². The van der Waals surface area contributed by atoms with Crippen molar-refractivity contribution in [2.24, 2.45) is 27.6 Å². The van der Waals surface area contributed by atoms with Crippen molar-refractivity contribution in [1.29, 1.82) is 0 Å². The number of ketones is 3. The van der Waals surface area contributed by atoms with Crippen molar-refractivity contribution >= 4 is 39.2 Å². The summed E-state index contributed by atoms with van der Waals surface area (Å²) in [5.41, 5.74) is 17.5. The monoisotopic (exact) mass is 2100 g/mol. The van der Waals surface area contributed by atoms with E-state index in [1.54, 1.807) is 12.4 Å². The van der Waals surface area contributed by atoms with E-state index in [9.17, 15) is 24.6 Å². The van der Waals surface area contributed by atoms with Crippen LogP contribution in [0.15, 0.2) is 212 Å². The summed E-state index contributed by atoms with van der Waals surface area (Å²) in [7, 11) is 0. The van der Waals surface area contributed by atoms with E-state index in [2.05, 4.69) is 175 Å². The normalized spacial score (nSPS) is 11.2. The zero-order chi connectivity index (χ0) is 74.0. The van der Waals surface area contributed by atoms with E-state index in [0.29, 0.717) is 5.92 Å². The van der Waals surface area contributed by atoms with Crippen LogP contribution in [0.2, 0.25) is 0 Å². The molecule has 0 saturated carbocycles. The molecule has 4 heterocycles. The van der Waals surface area contributed by atoms with Crippen LogP contribution in [0.25, 0.3) is 66.8 Å². The number of benzene rings is 6. The first-order valence-corrected chi connectivity index (χ1v) is 33.6. The SMILES string of the molecule is CC(=O)C=C(C)O.CC(C)(C)C(=O)C=C(O)C(C)(C)C.CC(C)(C)C(=O)C=C(O)C(C)(C)C.Cc1[c-]c(-c2ccc3c(CC(C)C)cccc3n2)cc(C)c1.Cc1[c-]c(-c2ccc3ccccc3n2)cc(C)c1.Cc1ccc[c-]c1-c1ccccn1.Cc1ccc[c-]c1-c1ccccn1.[Ir].[Ir].[Ir].[Ir]. The van der Waals surface area contributed by atoms with Crippen molar-refractivity contribution in [3.05, 3.63) is 275 Å². The van der Waals surface area contributed by atoms with Crippen LogP contribution in [0.5, 0.6) is 0 Å². The number of para-hydroxylation sites is 1. The molecule has 10 rings (SSSR count). The first-order chi connectivity index (χ1) is 46.2. The second-order valence-corrected chi connectivity index (χ2v) is 29.2. The Bertz CT molecular complexity index is 4210. The molecule has 0 fully saturated rings. The molecular formula is C89H104Ir4N4O6-4. The summed E-state index contributed by atoms with van der Waals surface area (Å²) in [5, 5.41) is 29.9. The van der Waals surface area contributed by atoms with Gasteiger partial charge in [-0.3, -0.25) is 24.4 Å². The minimum Gasteiger partial charge on any atom is -0.512 e. The summed E-state index contributed by atoms with van der Waals surface area (Å²) in [6.45, 7) is 42.1. The second-order valence-electron chi connectivity index (χ2n) is 29.2. The molecule has 0 unspecified atom stereocenters. The van der Waals surface area contributed by atoms with Gasteiger partial charge in [0.2, 0.25) is 0 Å². The number of fused-ring (bicyclic) bond motifs is 2. The minimum absolute atomic E-state index is 0. The van der Waals surface area contributed by atoms with Crippen molar-refractivity contribution < 1.29 is 110 Å². The van der Waals surface area contributed by atoms with Gasteiger partial charge in [-0.2, -0.15) is 0 Å². The Morgan fingerprint density at radius 3 is 1.21 bits per heavy atom. The summed E-state index contributed by atoms with van der Waals surface area (Å²) in [5.74, 6) is 0.797. The van der Waals surface area contributed by atoms with Gasteiger partial charge in [0.25, 0.3) is 0 Å². The van der Waals surface area contributed by atoms with Crippen molar-refractivity contribution in [2.45, 2.75) is 159 Å². The number of hydrogen-bond donors (Lipinski definition) is 3. The van der Waals surface area contributed by atoms with Crippen LogP contribution in [0.4, 0.5) is 0 Å². The molecule has 4 aromatic heterocycles. The van der Waals surface area contributed by atoms with E-state index in [1.807, 2.05) is 162 Å². The van der Waals surface area contributed by atoms with Gasteiger partial charge in [-0.25, -0.2) is 0 Å². The molecule has 556 valence electrons. The van der Waals surface area contributed by atoms with Crippen LogP contribution in [0, 0.1) is 93.4 Å². The molecule has 0 bridgehead atoms. The first-order valence-electron chi connectivity index (χ1n) is 33.6. The molecule has 0 spiro atoms. The number of carbonyl (C=O) groups excluding carboxylic acids is 3. The van der Waals surface area contributed by atoms with Gasteiger partial charge >= 0.3 is 0 Å². The molecule has 0 saturated heterocycles. The predicted octanol–water partition coefficient (Wildman–Crippen LogP) is 22.8. The fourth-order valence-electron chi connectivity index (χ4n) is 9.29. The third-order valence-electron chi connectivity index (χ3n) is 14.8. The van der Waals surface area contributed by atoms with Crippen molar-refractivity contribution in [3.8, 4) is 45.0 Å². The standard InChI is InChI=1S/C21H22N.C17H14N.2C12H10N.2C11H20O2.C5H8O2.4Ir/c1-14(2)10-17-6-5-7-21-19(17)8-9-20(22-21)18-12-15(3)11-16(4)13-18;1-12-9-13(2)11-15(10-12)17-8-7-14-5-3-4-6-16(14)18-17;2*1-10-6-2-3-7-11(10)12-8-4-5-9-13-12;2*1-10(2,3)8(12)7-9(13)11(4,5)6;1-4(6)3-5(2)7;;;;/h5-9,11-12,14H,10H2,1-4H3;3-10H,1-2H3;2*2-6,8-9H,1H3;2*7,12H,1-6H3;3,6H,1-2H3;;;;/q4*-1;;;;;;;. The summed E-state index contributed by atoms with van der Waals surface area (Å²) in [6, 6.07) is 68.6. The van der Waals surface area contributed by atoms with Gasteiger partial charge in [-0.1, -0.05) is 217 Å². The topological polar surface area (TPSA) is 163 Å². The summed E-state index contributed by atoms with van der Waals surface area (Å²) in [4.78, 5) is 51.1. The van der Waals surface area contributed by atoms with Gasteiger partial charge in [0, 0.05) is 138 Å². The predicted molar refractivity (Wildman–Crippen MR) is 412 cm³/mol. The van der Waals surface area contributed by atoms with Crippen LogP contribution in [-0.2, 0) is 101 Å². The zero-order valence-electron chi connectivity index (χ0n) is 63.9. The molecular weight excluding hydrogens is 1990 g/mol. The average Bonchev–Trinajstić information content (AvgIpc) is 0.808. The van der Waals surface area contributed by atoms with E-state index in [0.717, 1.165) is 73.6 Å². The number of allylic oxidation sites excluding steroid dienone is 6. The molecule has 6 aromatic carbocycles. The molecule has 14 heteroatoms. The number of aliphatic hydroxyl groups excluding tert-OH is 3. The van der Waals surface area contributed by atoms with Crippen LogP contribution < -0.4 is 0 Å². The molecule has 0 aliphatic rings. The Balaban J connectivity index is 0.00000120. The van der Waals surface area contributed by atoms with Crippen LogP contribution in [0.1, 0.15) is 150 Å². The van der Waals surface area contributed by atoms with Gasteiger partial charge in [-0.15, -0.1) is 141 Å². The Morgan fingerprint density at radius 2 is 0.854 bits per heavy atom. The molecule has 0 amide bonds. The summed E-state index contributed by atoms with van der Waals surface area (Å²) in [6.07, 6.45) is 8.53. The molecule has 0 aliphatic carbocycles. The molecule has 103 heavy (non-hydrogen) atoms. The Morgan fingerprint density at radius 1 is 0.447 bits per heavy atom. The van der Waals surface area contributed by atoms with Crippen LogP contribution >= 0.6 is 0 Å². The van der Waals surface area contributed by atoms with Gasteiger partial charge in [0.15, 0.2) is 17.3 Å². The van der Waals surface area contributed by atoms with Gasteiger partial charge < -0.3 is 25.3 Å². The summed E-state index contributed by atoms with van der Waals surface area (Å²) >= 11 is 0. The second kappa shape index (κ2) is 45.1. The Labute approximate surface area is 669 Å². The molecule has 10 aromatic rings. The van der Waals surface area contributed by atoms with Crippen LogP contribution in [-0.4, -0.2) is 52.6 Å². The first kappa shape index (κ1) is 95.7. The van der Waals surface area contributed by atoms with Crippen molar-refractivity contribution in [3.63, 3.8) is 0 Å². The maximum Gasteiger partial charge on any atom is 0.164 e. The molecule has 4 radical (unpaired) electrons. The zero-order valence-corrected chi connectivity index (χ0v) is 73.5. The largest absolute Gasteiger partial charge is 0.512 e. The number of rotatable bonds is 9. The number of carbonyl (C=O) groups is 3. The molecule has 10 nitrogen and oxygen atoms in total. The maximum atomic E-state index is 11.5. The smallest absolute Gasteiger partial charge is 0.164 e. The molecule has 0 aliphatic heterocycles. The number of nitrogens with zero attached hydrogens (tertiary/aromatic N) is 4. The third-order valence-corrected chi connectivity index (χ3v) is 14.8. The number of aryl methyl sites for hydroxylation is 6. The third kappa shape index (κ3) is 34.4. The number of aliphatic hydroxyl groups is 3. The van der Waals surface area contributed by atoms with Gasteiger partial charge in [-0.05, 0) is 84.2 Å². The van der Waals surface area contributed by atoms with Gasteiger partial charge in [0.05, 0.1) is 16.8 Å². The van der Waals surface area contributed by atoms with E-state index in [-0.39, 0.29) is 126 Å². The van der Waals surface area contributed by atoms with E-state index < -0.39 is 10.8 Å².